The fourth-order valence-electron chi connectivity index (χ4n) is 3.49. The second-order valence-electron chi connectivity index (χ2n) is 6.17. The molecule has 124 valence electrons. The largest absolute Gasteiger partial charge is 0.464 e. The third kappa shape index (κ3) is 2.58. The fourth-order valence-corrected chi connectivity index (χ4v) is 4.87. The Hall–Kier alpha value is -2.11. The predicted molar refractivity (Wildman–Crippen MR) is 104 cm³/mol. The van der Waals surface area contributed by atoms with E-state index in [1.807, 2.05) is 24.3 Å². The molecule has 3 heterocycles. The molecule has 5 heteroatoms. The van der Waals surface area contributed by atoms with Gasteiger partial charge in [-0.1, -0.05) is 48.5 Å². The van der Waals surface area contributed by atoms with E-state index < -0.39 is 0 Å². The summed E-state index contributed by atoms with van der Waals surface area (Å²) in [5, 5.41) is 7.09. The van der Waals surface area contributed by atoms with Crippen LogP contribution in [0.25, 0.3) is 0 Å². The van der Waals surface area contributed by atoms with Gasteiger partial charge in [-0.3, -0.25) is 0 Å². The summed E-state index contributed by atoms with van der Waals surface area (Å²) in [5.41, 5.74) is 3.46. The number of nitrogens with zero attached hydrogens (tertiary/aromatic N) is 2. The molecule has 2 aliphatic heterocycles. The summed E-state index contributed by atoms with van der Waals surface area (Å²) in [6.07, 6.45) is 0.707. The van der Waals surface area contributed by atoms with Crippen molar-refractivity contribution in [1.82, 2.24) is 5.01 Å². The van der Waals surface area contributed by atoms with Crippen LogP contribution >= 0.6 is 27.3 Å². The van der Waals surface area contributed by atoms with Gasteiger partial charge in [0.25, 0.3) is 0 Å². The van der Waals surface area contributed by atoms with Crippen molar-refractivity contribution in [2.24, 2.45) is 5.10 Å². The molecule has 2 aliphatic rings. The van der Waals surface area contributed by atoms with Crippen LogP contribution in [0.4, 0.5) is 0 Å². The molecular formula is C20H15BrN2OS. The molecule has 0 saturated carbocycles. The molecule has 0 aliphatic carbocycles. The van der Waals surface area contributed by atoms with Crippen LogP contribution in [0, 0.1) is 0 Å². The molecule has 0 amide bonds. The van der Waals surface area contributed by atoms with E-state index in [-0.39, 0.29) is 12.3 Å². The molecule has 5 rings (SSSR count). The third-order valence-electron chi connectivity index (χ3n) is 4.64. The molecule has 0 spiro atoms. The zero-order chi connectivity index (χ0) is 16.8. The van der Waals surface area contributed by atoms with Crippen molar-refractivity contribution < 1.29 is 4.74 Å². The maximum absolute atomic E-state index is 6.33. The predicted octanol–water partition coefficient (Wildman–Crippen LogP) is 5.75. The summed E-state index contributed by atoms with van der Waals surface area (Å²) in [5.74, 6) is 0.960. The van der Waals surface area contributed by atoms with Crippen LogP contribution in [-0.4, -0.2) is 10.7 Å². The number of hydrazone groups is 1. The molecule has 3 aromatic rings. The zero-order valence-electron chi connectivity index (χ0n) is 13.3. The average Bonchev–Trinajstić information content (AvgIpc) is 3.28. The van der Waals surface area contributed by atoms with Crippen LogP contribution < -0.4 is 4.74 Å². The Balaban J connectivity index is 1.60. The van der Waals surface area contributed by atoms with E-state index in [1.165, 1.54) is 10.4 Å². The Bertz CT molecular complexity index is 953. The van der Waals surface area contributed by atoms with Crippen molar-refractivity contribution in [3.63, 3.8) is 0 Å². The molecule has 0 bridgehead atoms. The average molecular weight is 411 g/mol. The first-order valence-corrected chi connectivity index (χ1v) is 9.82. The molecule has 3 nitrogen and oxygen atoms in total. The highest BCUT2D eigenvalue weighted by Gasteiger charge is 2.40. The molecule has 0 radical (unpaired) electrons. The first-order valence-electron chi connectivity index (χ1n) is 8.21. The summed E-state index contributed by atoms with van der Waals surface area (Å²) in [4.78, 5) is 1.21. The summed E-state index contributed by atoms with van der Waals surface area (Å²) >= 11 is 5.28. The highest BCUT2D eigenvalue weighted by molar-refractivity contribution is 9.11. The molecule has 25 heavy (non-hydrogen) atoms. The van der Waals surface area contributed by atoms with E-state index in [1.54, 1.807) is 11.3 Å². The maximum Gasteiger partial charge on any atom is 0.213 e. The van der Waals surface area contributed by atoms with Gasteiger partial charge in [0.2, 0.25) is 6.23 Å². The quantitative estimate of drug-likeness (QED) is 0.536. The lowest BCUT2D eigenvalue weighted by Crippen LogP contribution is -2.33. The topological polar surface area (TPSA) is 24.8 Å². The Labute approximate surface area is 158 Å². The third-order valence-corrected chi connectivity index (χ3v) is 6.31. The van der Waals surface area contributed by atoms with E-state index in [0.717, 1.165) is 27.2 Å². The lowest BCUT2D eigenvalue weighted by molar-refractivity contribution is -0.0190. The van der Waals surface area contributed by atoms with Gasteiger partial charge in [-0.2, -0.15) is 5.10 Å². The van der Waals surface area contributed by atoms with Gasteiger partial charge in [0.15, 0.2) is 0 Å². The number of thiophene rings is 1. The number of ether oxygens (including phenoxy) is 1. The van der Waals surface area contributed by atoms with Gasteiger partial charge in [-0.05, 0) is 34.1 Å². The lowest BCUT2D eigenvalue weighted by Gasteiger charge is -2.38. The van der Waals surface area contributed by atoms with Crippen LogP contribution in [-0.2, 0) is 0 Å². The number of halogens is 1. The second kappa shape index (κ2) is 6.00. The number of hydrogen-bond acceptors (Lipinski definition) is 4. The van der Waals surface area contributed by atoms with Crippen molar-refractivity contribution in [2.45, 2.75) is 18.7 Å². The molecule has 1 aromatic heterocycles. The Morgan fingerprint density at radius 1 is 1.00 bits per heavy atom. The first-order chi connectivity index (χ1) is 12.3. The summed E-state index contributed by atoms with van der Waals surface area (Å²) in [6, 6.07) is 23.1. The van der Waals surface area contributed by atoms with E-state index >= 15 is 0 Å². The minimum atomic E-state index is -0.193. The van der Waals surface area contributed by atoms with Gasteiger partial charge in [0, 0.05) is 17.5 Å². The number of hydrogen-bond donors (Lipinski definition) is 0. The molecule has 0 N–H and O–H groups in total. The minimum Gasteiger partial charge on any atom is -0.464 e. The standard InChI is InChI=1S/C20H15BrN2OS/c21-19-11-10-18(25-19)15-12-16-14-8-4-5-9-17(14)24-20(23(16)22-15)13-6-2-1-3-7-13/h1-11,16,20H,12H2/t16-,20+/m0/s1. The monoisotopic (exact) mass is 410 g/mol. The second-order valence-corrected chi connectivity index (χ2v) is 8.63. The van der Waals surface area contributed by atoms with Crippen LogP contribution in [0.3, 0.4) is 0 Å². The molecular weight excluding hydrogens is 396 g/mol. The van der Waals surface area contributed by atoms with Crippen LogP contribution in [0.5, 0.6) is 5.75 Å². The van der Waals surface area contributed by atoms with Crippen molar-refractivity contribution in [2.75, 3.05) is 0 Å². The van der Waals surface area contributed by atoms with Crippen molar-refractivity contribution >= 4 is 33.0 Å². The van der Waals surface area contributed by atoms with Gasteiger partial charge in [0.1, 0.15) is 5.75 Å². The van der Waals surface area contributed by atoms with Gasteiger partial charge < -0.3 is 4.74 Å². The minimum absolute atomic E-state index is 0.193. The summed E-state index contributed by atoms with van der Waals surface area (Å²) in [6.45, 7) is 0. The summed E-state index contributed by atoms with van der Waals surface area (Å²) < 4.78 is 7.47. The van der Waals surface area contributed by atoms with Crippen molar-refractivity contribution in [1.29, 1.82) is 0 Å². The Morgan fingerprint density at radius 2 is 1.80 bits per heavy atom. The number of benzene rings is 2. The lowest BCUT2D eigenvalue weighted by atomic mass is 9.98. The molecule has 0 unspecified atom stereocenters. The molecule has 0 fully saturated rings. The van der Waals surface area contributed by atoms with E-state index in [4.69, 9.17) is 9.84 Å². The number of rotatable bonds is 2. The SMILES string of the molecule is Brc1ccc(C2=NN3[C@@H](c4ccccc4)Oc4ccccc4[C@@H]3C2)s1. The van der Waals surface area contributed by atoms with E-state index in [2.05, 4.69) is 63.4 Å². The maximum atomic E-state index is 6.33. The van der Waals surface area contributed by atoms with E-state index in [0.29, 0.717) is 0 Å². The summed E-state index contributed by atoms with van der Waals surface area (Å²) in [7, 11) is 0. The number of fused-ring (bicyclic) bond motifs is 3. The first kappa shape index (κ1) is 15.2. The van der Waals surface area contributed by atoms with Crippen LogP contribution in [0.2, 0.25) is 0 Å². The molecule has 2 atom stereocenters. The van der Waals surface area contributed by atoms with E-state index in [9.17, 15) is 0 Å². The van der Waals surface area contributed by atoms with Gasteiger partial charge in [-0.15, -0.1) is 11.3 Å². The van der Waals surface area contributed by atoms with Gasteiger partial charge in [0.05, 0.1) is 20.4 Å². The van der Waals surface area contributed by atoms with Crippen molar-refractivity contribution in [3.8, 4) is 5.75 Å². The molecule has 2 aromatic carbocycles. The zero-order valence-corrected chi connectivity index (χ0v) is 15.7. The van der Waals surface area contributed by atoms with Gasteiger partial charge >= 0.3 is 0 Å². The highest BCUT2D eigenvalue weighted by Crippen LogP contribution is 2.47. The molecule has 0 saturated heterocycles. The fraction of sp³-hybridized carbons (Fsp3) is 0.150. The van der Waals surface area contributed by atoms with Gasteiger partial charge in [-0.25, -0.2) is 5.01 Å². The van der Waals surface area contributed by atoms with Crippen molar-refractivity contribution in [3.05, 3.63) is 86.5 Å². The Kier molecular flexibility index (Phi) is 3.64. The van der Waals surface area contributed by atoms with Crippen LogP contribution in [0.15, 0.2) is 75.6 Å². The Morgan fingerprint density at radius 3 is 2.60 bits per heavy atom. The highest BCUT2D eigenvalue weighted by atomic mass is 79.9. The normalized spacial score (nSPS) is 21.3. The van der Waals surface area contributed by atoms with Crippen LogP contribution in [0.1, 0.15) is 34.7 Å². The number of para-hydroxylation sites is 1. The smallest absolute Gasteiger partial charge is 0.213 e.